The van der Waals surface area contributed by atoms with Crippen LogP contribution in [-0.2, 0) is 0 Å². The number of aromatic nitrogens is 1. The fourth-order valence-corrected chi connectivity index (χ4v) is 5.08. The third-order valence-electron chi connectivity index (χ3n) is 6.71. The Balaban J connectivity index is 2.04. The van der Waals surface area contributed by atoms with Gasteiger partial charge in [-0.15, -0.1) is 0 Å². The smallest absolute Gasteiger partial charge is 0.341 e. The number of carboxylic acids is 1. The van der Waals surface area contributed by atoms with Crippen LogP contribution in [0.3, 0.4) is 0 Å². The van der Waals surface area contributed by atoms with Gasteiger partial charge in [-0.3, -0.25) is 4.79 Å². The van der Waals surface area contributed by atoms with E-state index in [0.717, 1.165) is 41.1 Å². The van der Waals surface area contributed by atoms with Gasteiger partial charge in [0, 0.05) is 48.1 Å². The van der Waals surface area contributed by atoms with E-state index in [0.29, 0.717) is 18.6 Å². The van der Waals surface area contributed by atoms with E-state index >= 15 is 13.2 Å². The number of fused-ring (bicyclic) bond motifs is 1. The zero-order valence-electron chi connectivity index (χ0n) is 19.8. The van der Waals surface area contributed by atoms with Crippen molar-refractivity contribution in [3.05, 3.63) is 93.5 Å². The van der Waals surface area contributed by atoms with E-state index in [1.165, 1.54) is 0 Å². The Morgan fingerprint density at radius 1 is 0.974 bits per heavy atom. The predicted octanol–water partition coefficient (Wildman–Crippen LogP) is 4.98. The first kappa shape index (κ1) is 25.4. The second-order valence-corrected chi connectivity index (χ2v) is 9.24. The van der Waals surface area contributed by atoms with Crippen LogP contribution in [0, 0.1) is 29.1 Å². The van der Waals surface area contributed by atoms with Crippen LogP contribution >= 0.6 is 0 Å². The molecule has 2 atom stereocenters. The molecule has 1 unspecified atom stereocenters. The number of anilines is 1. The number of nitrogens with zero attached hydrogens (tertiary/aromatic N) is 2. The number of pyridine rings is 1. The zero-order valence-corrected chi connectivity index (χ0v) is 19.8. The number of rotatable bonds is 4. The number of carboxylic acid groups (broad SMARTS) is 1. The Hall–Kier alpha value is -4.25. The maximum Gasteiger partial charge on any atom is 0.341 e. The van der Waals surface area contributed by atoms with Crippen LogP contribution in [-0.4, -0.2) is 34.3 Å². The summed E-state index contributed by atoms with van der Waals surface area (Å²) in [7, 11) is 0. The average Bonchev–Trinajstić information content (AvgIpc) is 3.16. The van der Waals surface area contributed by atoms with Gasteiger partial charge in [0.05, 0.1) is 22.3 Å². The highest BCUT2D eigenvalue weighted by Gasteiger charge is 2.34. The SMILES string of the molecule is C[C@H]1CC(N)CN1c1c(F)cc2c(=O)c(C(=O)O)cn(-c3ccc(F)cc3F)c2c1-c1ccc(F)cc1F. The zero-order chi connectivity index (χ0) is 27.5. The van der Waals surface area contributed by atoms with Gasteiger partial charge in [0.15, 0.2) is 0 Å². The minimum atomic E-state index is -1.67. The van der Waals surface area contributed by atoms with Crippen molar-refractivity contribution in [2.45, 2.75) is 25.4 Å². The molecule has 6 nitrogen and oxygen atoms in total. The third kappa shape index (κ3) is 4.08. The highest BCUT2D eigenvalue weighted by Crippen LogP contribution is 2.43. The number of carbonyl (C=O) groups is 1. The molecule has 4 aromatic rings. The minimum Gasteiger partial charge on any atom is -0.477 e. The van der Waals surface area contributed by atoms with Crippen molar-refractivity contribution in [3.8, 4) is 16.8 Å². The lowest BCUT2D eigenvalue weighted by Crippen LogP contribution is -2.31. The highest BCUT2D eigenvalue weighted by atomic mass is 19.1. The first-order valence-electron chi connectivity index (χ1n) is 11.6. The van der Waals surface area contributed by atoms with Crippen LogP contribution in [0.15, 0.2) is 53.5 Å². The normalized spacial score (nSPS) is 17.4. The monoisotopic (exact) mass is 529 g/mol. The molecule has 0 amide bonds. The number of hydrogen-bond acceptors (Lipinski definition) is 4. The summed E-state index contributed by atoms with van der Waals surface area (Å²) in [6.07, 6.45) is 1.27. The summed E-state index contributed by atoms with van der Waals surface area (Å²) in [5.41, 5.74) is 2.79. The van der Waals surface area contributed by atoms with Crippen molar-refractivity contribution in [2.75, 3.05) is 11.4 Å². The fourth-order valence-electron chi connectivity index (χ4n) is 5.08. The van der Waals surface area contributed by atoms with Gasteiger partial charge in [-0.1, -0.05) is 0 Å². The largest absolute Gasteiger partial charge is 0.477 e. The summed E-state index contributed by atoms with van der Waals surface area (Å²) < 4.78 is 74.8. The van der Waals surface area contributed by atoms with Gasteiger partial charge in [0.2, 0.25) is 5.43 Å². The Kier molecular flexibility index (Phi) is 6.18. The number of aromatic carboxylic acids is 1. The lowest BCUT2D eigenvalue weighted by Gasteiger charge is -2.29. The van der Waals surface area contributed by atoms with Gasteiger partial charge in [0.25, 0.3) is 0 Å². The molecule has 1 aliphatic heterocycles. The number of halogens is 5. The van der Waals surface area contributed by atoms with Crippen molar-refractivity contribution in [1.82, 2.24) is 4.57 Å². The van der Waals surface area contributed by atoms with Crippen LogP contribution in [0.1, 0.15) is 23.7 Å². The Labute approximate surface area is 212 Å². The number of hydrogen-bond donors (Lipinski definition) is 2. The molecule has 5 rings (SSSR count). The van der Waals surface area contributed by atoms with Gasteiger partial charge in [-0.25, -0.2) is 26.7 Å². The summed E-state index contributed by atoms with van der Waals surface area (Å²) in [5.74, 6) is -6.73. The predicted molar refractivity (Wildman–Crippen MR) is 131 cm³/mol. The van der Waals surface area contributed by atoms with E-state index < -0.39 is 51.4 Å². The third-order valence-corrected chi connectivity index (χ3v) is 6.71. The Bertz CT molecular complexity index is 1690. The molecular weight excluding hydrogens is 509 g/mol. The highest BCUT2D eigenvalue weighted by molar-refractivity contribution is 6.04. The van der Waals surface area contributed by atoms with Crippen molar-refractivity contribution in [2.24, 2.45) is 5.73 Å². The van der Waals surface area contributed by atoms with E-state index in [1.807, 2.05) is 0 Å². The van der Waals surface area contributed by atoms with E-state index in [-0.39, 0.29) is 46.6 Å². The van der Waals surface area contributed by atoms with Crippen LogP contribution in [0.5, 0.6) is 0 Å². The first-order chi connectivity index (χ1) is 18.0. The number of benzene rings is 3. The summed E-state index contributed by atoms with van der Waals surface area (Å²) >= 11 is 0. The van der Waals surface area contributed by atoms with Crippen LogP contribution in [0.2, 0.25) is 0 Å². The van der Waals surface area contributed by atoms with Gasteiger partial charge in [0.1, 0.15) is 34.6 Å². The molecule has 0 spiro atoms. The number of nitrogens with two attached hydrogens (primary N) is 1. The summed E-state index contributed by atoms with van der Waals surface area (Å²) in [6, 6.07) is 5.12. The lowest BCUT2D eigenvalue weighted by molar-refractivity contribution is 0.0695. The summed E-state index contributed by atoms with van der Waals surface area (Å²) in [4.78, 5) is 26.7. The molecule has 3 N–H and O–H groups in total. The molecule has 1 saturated heterocycles. The van der Waals surface area contributed by atoms with Crippen LogP contribution in [0.4, 0.5) is 27.6 Å². The lowest BCUT2D eigenvalue weighted by atomic mass is 9.96. The molecule has 1 aromatic heterocycles. The van der Waals surface area contributed by atoms with Gasteiger partial charge < -0.3 is 20.3 Å². The van der Waals surface area contributed by atoms with Crippen LogP contribution < -0.4 is 16.1 Å². The molecule has 11 heteroatoms. The van der Waals surface area contributed by atoms with Crippen molar-refractivity contribution in [1.29, 1.82) is 0 Å². The molecule has 0 radical (unpaired) electrons. The molecule has 1 fully saturated rings. The topological polar surface area (TPSA) is 88.6 Å². The minimum absolute atomic E-state index is 0.155. The van der Waals surface area contributed by atoms with Gasteiger partial charge in [-0.2, -0.15) is 0 Å². The Morgan fingerprint density at radius 2 is 1.63 bits per heavy atom. The van der Waals surface area contributed by atoms with Gasteiger partial charge in [-0.05, 0) is 43.7 Å². The fraction of sp³-hybridized carbons (Fsp3) is 0.185. The Morgan fingerprint density at radius 3 is 2.21 bits per heavy atom. The molecule has 1 aliphatic rings. The molecule has 0 aliphatic carbocycles. The van der Waals surface area contributed by atoms with Crippen LogP contribution in [0.25, 0.3) is 27.7 Å². The molecule has 3 aromatic carbocycles. The average molecular weight is 529 g/mol. The molecular formula is C27H20F5N3O3. The summed E-state index contributed by atoms with van der Waals surface area (Å²) in [6.45, 7) is 1.92. The molecule has 38 heavy (non-hydrogen) atoms. The second kappa shape index (κ2) is 9.25. The maximum absolute atomic E-state index is 15.9. The summed E-state index contributed by atoms with van der Waals surface area (Å²) in [5, 5.41) is 9.15. The van der Waals surface area contributed by atoms with E-state index in [4.69, 9.17) is 5.73 Å². The van der Waals surface area contributed by atoms with Crippen molar-refractivity contribution < 1.29 is 31.9 Å². The molecule has 0 saturated carbocycles. The van der Waals surface area contributed by atoms with E-state index in [9.17, 15) is 23.5 Å². The first-order valence-corrected chi connectivity index (χ1v) is 11.6. The maximum atomic E-state index is 15.9. The van der Waals surface area contributed by atoms with E-state index in [2.05, 4.69) is 0 Å². The molecule has 2 heterocycles. The van der Waals surface area contributed by atoms with E-state index in [1.54, 1.807) is 11.8 Å². The molecule has 0 bridgehead atoms. The van der Waals surface area contributed by atoms with Gasteiger partial charge >= 0.3 is 5.97 Å². The van der Waals surface area contributed by atoms with Crippen molar-refractivity contribution in [3.63, 3.8) is 0 Å². The standard InChI is InChI=1S/C27H20F5N3O3/c1-12-6-15(33)10-34(12)25-21(32)9-17-24(23(25)16-4-2-13(28)7-19(16)30)35(11-18(26(17)36)27(37)38)22-5-3-14(29)8-20(22)31/h2-5,7-9,11-12,15H,6,10,33H2,1H3,(H,37,38)/t12-,15?/m0/s1. The quantitative estimate of drug-likeness (QED) is 0.364. The van der Waals surface area contributed by atoms with Crippen molar-refractivity contribution >= 4 is 22.6 Å². The molecule has 196 valence electrons. The second-order valence-electron chi connectivity index (χ2n) is 9.24.